The molecule has 1 aromatic heterocycles. The molecule has 0 saturated heterocycles. The molecular formula is C28H26N2S2. The van der Waals surface area contributed by atoms with E-state index in [1.807, 2.05) is 11.3 Å². The van der Waals surface area contributed by atoms with E-state index in [4.69, 9.17) is 0 Å². The highest BCUT2D eigenvalue weighted by Crippen LogP contribution is 2.67. The molecule has 0 saturated carbocycles. The highest BCUT2D eigenvalue weighted by molar-refractivity contribution is 8.33. The van der Waals surface area contributed by atoms with Gasteiger partial charge in [0.05, 0.1) is 5.70 Å². The minimum Gasteiger partial charge on any atom is -0.359 e. The summed E-state index contributed by atoms with van der Waals surface area (Å²) < 4.78 is 0. The van der Waals surface area contributed by atoms with Crippen LogP contribution >= 0.6 is 21.4 Å². The van der Waals surface area contributed by atoms with E-state index in [-0.39, 0.29) is 6.17 Å². The fraction of sp³-hybridized carbons (Fsp3) is 0.143. The van der Waals surface area contributed by atoms with E-state index in [9.17, 15) is 0 Å². The van der Waals surface area contributed by atoms with Crippen molar-refractivity contribution in [2.75, 3.05) is 17.4 Å². The Morgan fingerprint density at radius 2 is 1.56 bits per heavy atom. The maximum atomic E-state index is 3.83. The van der Waals surface area contributed by atoms with Crippen molar-refractivity contribution in [3.05, 3.63) is 106 Å². The topological polar surface area (TPSA) is 15.3 Å². The lowest BCUT2D eigenvalue weighted by atomic mass is 10.0. The first-order valence-electron chi connectivity index (χ1n) is 10.9. The summed E-state index contributed by atoms with van der Waals surface area (Å²) in [6.07, 6.45) is 7.21. The summed E-state index contributed by atoms with van der Waals surface area (Å²) in [6, 6.07) is 31.1. The van der Waals surface area contributed by atoms with Crippen molar-refractivity contribution in [3.63, 3.8) is 0 Å². The zero-order chi connectivity index (χ0) is 21.9. The third kappa shape index (κ3) is 3.01. The van der Waals surface area contributed by atoms with Gasteiger partial charge in [-0.25, -0.2) is 0 Å². The molecule has 0 fully saturated rings. The molecule has 0 radical (unpaired) electrons. The molecule has 0 aliphatic carbocycles. The normalized spacial score (nSPS) is 19.2. The van der Waals surface area contributed by atoms with E-state index in [0.29, 0.717) is 0 Å². The lowest BCUT2D eigenvalue weighted by molar-refractivity contribution is 0.688. The standard InChI is InChI=1S/C28H26N2S2/c1-19-13-15-25(31-19)28-29-24(18-30(28)21-9-5-4-6-10-21)20-14-16-27-23(17-20)22-11-7-8-12-26(22)32(27,2)3/h4-18,28-29H,1-3H3. The van der Waals surface area contributed by atoms with Crippen LogP contribution in [0.5, 0.6) is 0 Å². The molecule has 1 unspecified atom stereocenters. The Kier molecular flexibility index (Phi) is 4.49. The Labute approximate surface area is 195 Å². The van der Waals surface area contributed by atoms with Gasteiger partial charge in [0.25, 0.3) is 0 Å². The number of anilines is 1. The van der Waals surface area contributed by atoms with E-state index >= 15 is 0 Å². The van der Waals surface area contributed by atoms with E-state index in [1.165, 1.54) is 47.6 Å². The molecule has 4 heteroatoms. The van der Waals surface area contributed by atoms with Gasteiger partial charge in [-0.2, -0.15) is 10.0 Å². The third-order valence-corrected chi connectivity index (χ3v) is 10.5. The molecule has 6 rings (SSSR count). The molecule has 0 spiro atoms. The highest BCUT2D eigenvalue weighted by Gasteiger charge is 2.33. The highest BCUT2D eigenvalue weighted by atomic mass is 32.3. The molecule has 0 amide bonds. The average Bonchev–Trinajstić information content (AvgIpc) is 3.50. The minimum atomic E-state index is -0.959. The quantitative estimate of drug-likeness (QED) is 0.342. The van der Waals surface area contributed by atoms with Crippen molar-refractivity contribution in [3.8, 4) is 11.1 Å². The molecule has 1 atom stereocenters. The number of para-hydroxylation sites is 1. The zero-order valence-corrected chi connectivity index (χ0v) is 20.1. The van der Waals surface area contributed by atoms with E-state index < -0.39 is 10.0 Å². The van der Waals surface area contributed by atoms with Crippen LogP contribution in [-0.2, 0) is 0 Å². The Morgan fingerprint density at radius 3 is 2.34 bits per heavy atom. The maximum absolute atomic E-state index is 3.83. The van der Waals surface area contributed by atoms with Crippen LogP contribution in [0.1, 0.15) is 21.5 Å². The Balaban J connectivity index is 1.44. The van der Waals surface area contributed by atoms with Crippen molar-refractivity contribution < 1.29 is 0 Å². The number of benzene rings is 3. The summed E-state index contributed by atoms with van der Waals surface area (Å²) in [7, 11) is -0.959. The largest absolute Gasteiger partial charge is 0.359 e. The van der Waals surface area contributed by atoms with Crippen LogP contribution in [-0.4, -0.2) is 12.5 Å². The first-order chi connectivity index (χ1) is 15.5. The van der Waals surface area contributed by atoms with Gasteiger partial charge in [-0.15, -0.1) is 11.3 Å². The second kappa shape index (κ2) is 7.29. The first-order valence-corrected chi connectivity index (χ1v) is 14.1. The molecule has 3 heterocycles. The van der Waals surface area contributed by atoms with Gasteiger partial charge in [0.15, 0.2) is 0 Å². The number of hydrogen-bond acceptors (Lipinski definition) is 3. The number of hydrogen-bond donors (Lipinski definition) is 1. The summed E-state index contributed by atoms with van der Waals surface area (Å²) in [5.41, 5.74) is 6.40. The van der Waals surface area contributed by atoms with Crippen molar-refractivity contribution in [1.29, 1.82) is 0 Å². The average molecular weight is 455 g/mol. The van der Waals surface area contributed by atoms with Crippen molar-refractivity contribution in [2.45, 2.75) is 22.9 Å². The monoisotopic (exact) mass is 454 g/mol. The van der Waals surface area contributed by atoms with Crippen LogP contribution in [0.2, 0.25) is 0 Å². The molecule has 2 aliphatic heterocycles. The van der Waals surface area contributed by atoms with Crippen LogP contribution in [0, 0.1) is 6.92 Å². The second-order valence-electron chi connectivity index (χ2n) is 8.81. The fourth-order valence-corrected chi connectivity index (χ4v) is 8.30. The second-order valence-corrected chi connectivity index (χ2v) is 13.7. The summed E-state index contributed by atoms with van der Waals surface area (Å²) in [6.45, 7) is 2.17. The van der Waals surface area contributed by atoms with Gasteiger partial charge in [0, 0.05) is 31.4 Å². The minimum absolute atomic E-state index is 0.105. The molecular weight excluding hydrogens is 428 g/mol. The Bertz CT molecular complexity index is 1350. The first kappa shape index (κ1) is 19.7. The predicted molar refractivity (Wildman–Crippen MR) is 140 cm³/mol. The predicted octanol–water partition coefficient (Wildman–Crippen LogP) is 7.63. The van der Waals surface area contributed by atoms with E-state index in [1.54, 1.807) is 0 Å². The number of fused-ring (bicyclic) bond motifs is 3. The summed E-state index contributed by atoms with van der Waals surface area (Å²) in [5.74, 6) is 0. The van der Waals surface area contributed by atoms with Crippen LogP contribution in [0.25, 0.3) is 16.8 Å². The summed E-state index contributed by atoms with van der Waals surface area (Å²) in [5, 5.41) is 3.83. The number of thiophene rings is 1. The number of nitrogens with zero attached hydrogens (tertiary/aromatic N) is 1. The van der Waals surface area contributed by atoms with Crippen LogP contribution < -0.4 is 10.2 Å². The van der Waals surface area contributed by atoms with Gasteiger partial charge in [-0.3, -0.25) is 0 Å². The fourth-order valence-electron chi connectivity index (χ4n) is 4.86. The number of rotatable bonds is 3. The lowest BCUT2D eigenvalue weighted by Gasteiger charge is -2.28. The van der Waals surface area contributed by atoms with E-state index in [0.717, 1.165) is 0 Å². The molecule has 32 heavy (non-hydrogen) atoms. The molecule has 160 valence electrons. The van der Waals surface area contributed by atoms with Gasteiger partial charge in [0.1, 0.15) is 6.17 Å². The van der Waals surface area contributed by atoms with Gasteiger partial charge in [0.2, 0.25) is 0 Å². The van der Waals surface area contributed by atoms with Crippen molar-refractivity contribution >= 4 is 32.7 Å². The van der Waals surface area contributed by atoms with Gasteiger partial charge >= 0.3 is 0 Å². The molecule has 2 aliphatic rings. The van der Waals surface area contributed by atoms with Crippen molar-refractivity contribution in [1.82, 2.24) is 5.32 Å². The van der Waals surface area contributed by atoms with Crippen LogP contribution in [0.4, 0.5) is 5.69 Å². The molecule has 4 aromatic rings. The molecule has 2 nitrogen and oxygen atoms in total. The third-order valence-electron chi connectivity index (χ3n) is 6.49. The van der Waals surface area contributed by atoms with Gasteiger partial charge in [-0.1, -0.05) is 42.5 Å². The summed E-state index contributed by atoms with van der Waals surface area (Å²) >= 11 is 1.86. The molecule has 1 N–H and O–H groups in total. The maximum Gasteiger partial charge on any atom is 0.139 e. The smallest absolute Gasteiger partial charge is 0.139 e. The Hall–Kier alpha value is -2.95. The zero-order valence-electron chi connectivity index (χ0n) is 18.5. The van der Waals surface area contributed by atoms with Gasteiger partial charge < -0.3 is 10.2 Å². The summed E-state index contributed by atoms with van der Waals surface area (Å²) in [4.78, 5) is 8.01. The number of aryl methyl sites for hydroxylation is 1. The van der Waals surface area contributed by atoms with Gasteiger partial charge in [-0.05, 0) is 78.6 Å². The number of nitrogens with one attached hydrogen (secondary N) is 1. The Morgan fingerprint density at radius 1 is 0.812 bits per heavy atom. The lowest BCUT2D eigenvalue weighted by Crippen LogP contribution is -2.26. The van der Waals surface area contributed by atoms with Crippen LogP contribution in [0.15, 0.2) is 101 Å². The molecule has 3 aromatic carbocycles. The van der Waals surface area contributed by atoms with Crippen LogP contribution in [0.3, 0.4) is 0 Å². The molecule has 0 bridgehead atoms. The van der Waals surface area contributed by atoms with E-state index in [2.05, 4.69) is 121 Å². The SMILES string of the molecule is Cc1ccc(C2NC(c3ccc4c(c3)-c3ccccc3S4(C)C)=CN2c2ccccc2)s1. The van der Waals surface area contributed by atoms with Crippen molar-refractivity contribution in [2.24, 2.45) is 0 Å².